The number of alkyl halides is 2. The van der Waals surface area contributed by atoms with E-state index in [0.29, 0.717) is 25.9 Å². The van der Waals surface area contributed by atoms with E-state index in [2.05, 4.69) is 12.2 Å². The predicted octanol–water partition coefficient (Wildman–Crippen LogP) is 3.80. The summed E-state index contributed by atoms with van der Waals surface area (Å²) in [6.07, 6.45) is 5.01. The smallest absolute Gasteiger partial charge is 0.317 e. The number of amides is 2. The SMILES string of the molecule is CCCO[C@H]1CCCN(C(=O)NCC2CCC(F)(F)CC2)CC1. The maximum absolute atomic E-state index is 13.1. The van der Waals surface area contributed by atoms with Gasteiger partial charge >= 0.3 is 6.03 Å². The number of hydrogen-bond acceptors (Lipinski definition) is 2. The van der Waals surface area contributed by atoms with Crippen LogP contribution in [0.3, 0.4) is 0 Å². The summed E-state index contributed by atoms with van der Waals surface area (Å²) in [6.45, 7) is 4.85. The van der Waals surface area contributed by atoms with Gasteiger partial charge < -0.3 is 15.0 Å². The minimum atomic E-state index is -2.50. The molecule has 23 heavy (non-hydrogen) atoms. The summed E-state index contributed by atoms with van der Waals surface area (Å²) in [6, 6.07) is -0.0570. The van der Waals surface area contributed by atoms with Gasteiger partial charge in [0.1, 0.15) is 0 Å². The van der Waals surface area contributed by atoms with E-state index in [1.54, 1.807) is 0 Å². The van der Waals surface area contributed by atoms with Crippen molar-refractivity contribution in [3.8, 4) is 0 Å². The summed E-state index contributed by atoms with van der Waals surface area (Å²) in [7, 11) is 0. The summed E-state index contributed by atoms with van der Waals surface area (Å²) in [4.78, 5) is 14.1. The van der Waals surface area contributed by atoms with Crippen molar-refractivity contribution < 1.29 is 18.3 Å². The topological polar surface area (TPSA) is 41.6 Å². The Kier molecular flexibility index (Phi) is 7.06. The molecule has 1 aliphatic carbocycles. The Morgan fingerprint density at radius 2 is 1.96 bits per heavy atom. The highest BCUT2D eigenvalue weighted by Gasteiger charge is 2.35. The van der Waals surface area contributed by atoms with Crippen LogP contribution in [-0.2, 0) is 4.74 Å². The molecule has 2 fully saturated rings. The molecule has 0 unspecified atom stereocenters. The molecule has 0 spiro atoms. The molecule has 1 aliphatic heterocycles. The van der Waals surface area contributed by atoms with Gasteiger partial charge in [-0.3, -0.25) is 0 Å². The number of rotatable bonds is 5. The molecule has 0 radical (unpaired) electrons. The molecule has 1 atom stereocenters. The van der Waals surface area contributed by atoms with Gasteiger partial charge in [-0.15, -0.1) is 0 Å². The molecule has 0 aromatic carbocycles. The van der Waals surface area contributed by atoms with Crippen LogP contribution in [0, 0.1) is 5.92 Å². The third-order valence-electron chi connectivity index (χ3n) is 4.90. The first-order valence-corrected chi connectivity index (χ1v) is 9.02. The molecule has 2 aliphatic rings. The van der Waals surface area contributed by atoms with Gasteiger partial charge in [-0.05, 0) is 44.4 Å². The molecule has 6 heteroatoms. The lowest BCUT2D eigenvalue weighted by atomic mass is 9.87. The first-order valence-electron chi connectivity index (χ1n) is 9.02. The maximum Gasteiger partial charge on any atom is 0.317 e. The second kappa shape index (κ2) is 8.81. The summed E-state index contributed by atoms with van der Waals surface area (Å²) >= 11 is 0. The fourth-order valence-corrected chi connectivity index (χ4v) is 3.37. The van der Waals surface area contributed by atoms with Crippen molar-refractivity contribution in [2.24, 2.45) is 5.92 Å². The van der Waals surface area contributed by atoms with Gasteiger partial charge in [0.2, 0.25) is 5.92 Å². The van der Waals surface area contributed by atoms with Crippen molar-refractivity contribution in [3.05, 3.63) is 0 Å². The highest BCUT2D eigenvalue weighted by Crippen LogP contribution is 2.35. The molecular formula is C17H30F2N2O2. The number of ether oxygens (including phenoxy) is 1. The van der Waals surface area contributed by atoms with Gasteiger partial charge in [0.25, 0.3) is 0 Å². The molecule has 1 saturated heterocycles. The Hall–Kier alpha value is -0.910. The fourth-order valence-electron chi connectivity index (χ4n) is 3.37. The summed E-state index contributed by atoms with van der Waals surface area (Å²) in [5.74, 6) is -2.31. The number of likely N-dealkylation sites (tertiary alicyclic amines) is 1. The Balaban J connectivity index is 1.67. The molecule has 4 nitrogen and oxygen atoms in total. The summed E-state index contributed by atoms with van der Waals surface area (Å²) in [5, 5.41) is 2.94. The molecule has 2 rings (SSSR count). The normalized spacial score (nSPS) is 25.9. The van der Waals surface area contributed by atoms with E-state index in [0.717, 1.165) is 38.8 Å². The van der Waals surface area contributed by atoms with Crippen molar-refractivity contribution in [1.82, 2.24) is 10.2 Å². The molecule has 0 aromatic rings. The number of hydrogen-bond donors (Lipinski definition) is 1. The number of nitrogens with zero attached hydrogens (tertiary/aromatic N) is 1. The van der Waals surface area contributed by atoms with Crippen molar-refractivity contribution in [1.29, 1.82) is 0 Å². The van der Waals surface area contributed by atoms with E-state index < -0.39 is 5.92 Å². The summed E-state index contributed by atoms with van der Waals surface area (Å²) < 4.78 is 32.0. The standard InChI is InChI=1S/C17H30F2N2O2/c1-2-12-23-15-4-3-10-21(11-7-15)16(22)20-13-14-5-8-17(18,19)9-6-14/h14-15H,2-13H2,1H3,(H,20,22)/t15-/m0/s1. The van der Waals surface area contributed by atoms with Crippen LogP contribution in [0.5, 0.6) is 0 Å². The average molecular weight is 332 g/mol. The third kappa shape index (κ3) is 6.24. The zero-order valence-corrected chi connectivity index (χ0v) is 14.2. The second-order valence-corrected chi connectivity index (χ2v) is 6.90. The largest absolute Gasteiger partial charge is 0.378 e. The highest BCUT2D eigenvalue weighted by molar-refractivity contribution is 5.74. The van der Waals surface area contributed by atoms with Gasteiger partial charge in [-0.25, -0.2) is 13.6 Å². The third-order valence-corrected chi connectivity index (χ3v) is 4.90. The van der Waals surface area contributed by atoms with Gasteiger partial charge in [0, 0.05) is 39.1 Å². The number of urea groups is 1. The van der Waals surface area contributed by atoms with Crippen LogP contribution in [0.1, 0.15) is 58.3 Å². The summed E-state index contributed by atoms with van der Waals surface area (Å²) in [5.41, 5.74) is 0. The van der Waals surface area contributed by atoms with Crippen LogP contribution in [0.2, 0.25) is 0 Å². The zero-order valence-electron chi connectivity index (χ0n) is 14.2. The van der Waals surface area contributed by atoms with E-state index >= 15 is 0 Å². The van der Waals surface area contributed by atoms with Crippen LogP contribution in [-0.4, -0.2) is 49.2 Å². The van der Waals surface area contributed by atoms with Crippen LogP contribution < -0.4 is 5.32 Å². The monoisotopic (exact) mass is 332 g/mol. The minimum absolute atomic E-state index is 0.0479. The molecule has 1 heterocycles. The van der Waals surface area contributed by atoms with E-state index in [9.17, 15) is 13.6 Å². The van der Waals surface area contributed by atoms with Crippen molar-refractivity contribution in [2.45, 2.75) is 70.3 Å². The number of carbonyl (C=O) groups is 1. The van der Waals surface area contributed by atoms with E-state index in [1.807, 2.05) is 4.90 Å². The molecule has 0 bridgehead atoms. The fraction of sp³-hybridized carbons (Fsp3) is 0.941. The highest BCUT2D eigenvalue weighted by atomic mass is 19.3. The van der Waals surface area contributed by atoms with Crippen molar-refractivity contribution >= 4 is 6.03 Å². The lowest BCUT2D eigenvalue weighted by molar-refractivity contribution is -0.0452. The molecule has 2 amide bonds. The number of nitrogens with one attached hydrogen (secondary N) is 1. The molecular weight excluding hydrogens is 302 g/mol. The van der Waals surface area contributed by atoms with E-state index in [1.165, 1.54) is 0 Å². The molecule has 1 N–H and O–H groups in total. The van der Waals surface area contributed by atoms with Crippen LogP contribution in [0.15, 0.2) is 0 Å². The van der Waals surface area contributed by atoms with Crippen molar-refractivity contribution in [3.63, 3.8) is 0 Å². The Labute approximate surface area is 137 Å². The molecule has 1 saturated carbocycles. The first kappa shape index (κ1) is 18.4. The lowest BCUT2D eigenvalue weighted by Gasteiger charge is -2.29. The Bertz CT molecular complexity index is 370. The van der Waals surface area contributed by atoms with Crippen LogP contribution in [0.4, 0.5) is 13.6 Å². The quantitative estimate of drug-likeness (QED) is 0.832. The van der Waals surface area contributed by atoms with Gasteiger partial charge in [-0.2, -0.15) is 0 Å². The molecule has 134 valence electrons. The second-order valence-electron chi connectivity index (χ2n) is 6.90. The lowest BCUT2D eigenvalue weighted by Crippen LogP contribution is -2.43. The van der Waals surface area contributed by atoms with Crippen molar-refractivity contribution in [2.75, 3.05) is 26.2 Å². The number of halogens is 2. The minimum Gasteiger partial charge on any atom is -0.378 e. The van der Waals surface area contributed by atoms with Gasteiger partial charge in [0.05, 0.1) is 6.10 Å². The predicted molar refractivity (Wildman–Crippen MR) is 85.8 cm³/mol. The average Bonchev–Trinajstić information content (AvgIpc) is 2.77. The number of carbonyl (C=O) groups excluding carboxylic acids is 1. The first-order chi connectivity index (χ1) is 11.0. The van der Waals surface area contributed by atoms with E-state index in [4.69, 9.17) is 4.74 Å². The zero-order chi connectivity index (χ0) is 16.7. The Morgan fingerprint density at radius 3 is 2.65 bits per heavy atom. The van der Waals surface area contributed by atoms with Gasteiger partial charge in [0.15, 0.2) is 0 Å². The van der Waals surface area contributed by atoms with Gasteiger partial charge in [-0.1, -0.05) is 6.92 Å². The molecule has 0 aromatic heterocycles. The Morgan fingerprint density at radius 1 is 1.22 bits per heavy atom. The maximum atomic E-state index is 13.1. The van der Waals surface area contributed by atoms with Crippen LogP contribution in [0.25, 0.3) is 0 Å². The van der Waals surface area contributed by atoms with Crippen LogP contribution >= 0.6 is 0 Å². The van der Waals surface area contributed by atoms with E-state index in [-0.39, 0.29) is 30.9 Å².